The summed E-state index contributed by atoms with van der Waals surface area (Å²) in [4.78, 5) is 9.66. The Hall–Kier alpha value is -1.93. The van der Waals surface area contributed by atoms with E-state index >= 15 is 0 Å². The Morgan fingerprint density at radius 1 is 1.28 bits per heavy atom. The van der Waals surface area contributed by atoms with Gasteiger partial charge in [0.2, 0.25) is 5.95 Å². The first-order valence-corrected chi connectivity index (χ1v) is 6.13. The largest absolute Gasteiger partial charge is 0.250 e. The standard InChI is InChI=1S/C13H11BrN4/c1-9-3-4-11(14)5-12(9)10-6-16-13(17-7-10)18(2)8-15/h3-7H,1-2H3. The van der Waals surface area contributed by atoms with Crippen LogP contribution in [0, 0.1) is 18.4 Å². The van der Waals surface area contributed by atoms with Crippen molar-refractivity contribution in [2.75, 3.05) is 11.9 Å². The van der Waals surface area contributed by atoms with Gasteiger partial charge in [-0.05, 0) is 30.2 Å². The van der Waals surface area contributed by atoms with Crippen LogP contribution in [0.15, 0.2) is 35.1 Å². The maximum absolute atomic E-state index is 8.74. The smallest absolute Gasteiger partial charge is 0.238 e. The number of aryl methyl sites for hydroxylation is 1. The second-order valence-corrected chi connectivity index (χ2v) is 4.81. The van der Waals surface area contributed by atoms with Gasteiger partial charge in [-0.15, -0.1) is 0 Å². The fraction of sp³-hybridized carbons (Fsp3) is 0.154. The Morgan fingerprint density at radius 3 is 2.56 bits per heavy atom. The molecule has 0 amide bonds. The molecule has 0 radical (unpaired) electrons. The Bertz CT molecular complexity index is 601. The zero-order valence-electron chi connectivity index (χ0n) is 10.1. The molecular weight excluding hydrogens is 292 g/mol. The lowest BCUT2D eigenvalue weighted by molar-refractivity contribution is 1.04. The van der Waals surface area contributed by atoms with Crippen LogP contribution < -0.4 is 4.90 Å². The number of hydrogen-bond acceptors (Lipinski definition) is 4. The van der Waals surface area contributed by atoms with Crippen LogP contribution in [-0.4, -0.2) is 17.0 Å². The van der Waals surface area contributed by atoms with E-state index in [1.807, 2.05) is 31.3 Å². The summed E-state index contributed by atoms with van der Waals surface area (Å²) in [6.07, 6.45) is 5.42. The number of benzene rings is 1. The highest BCUT2D eigenvalue weighted by atomic mass is 79.9. The summed E-state index contributed by atoms with van der Waals surface area (Å²) < 4.78 is 1.02. The molecule has 18 heavy (non-hydrogen) atoms. The van der Waals surface area contributed by atoms with E-state index in [1.54, 1.807) is 19.4 Å². The van der Waals surface area contributed by atoms with Crippen LogP contribution >= 0.6 is 15.9 Å². The van der Waals surface area contributed by atoms with E-state index in [0.29, 0.717) is 5.95 Å². The van der Waals surface area contributed by atoms with Gasteiger partial charge in [-0.3, -0.25) is 4.90 Å². The Morgan fingerprint density at radius 2 is 1.94 bits per heavy atom. The Balaban J connectivity index is 2.41. The predicted molar refractivity (Wildman–Crippen MR) is 73.9 cm³/mol. The zero-order valence-corrected chi connectivity index (χ0v) is 11.6. The first-order valence-electron chi connectivity index (χ1n) is 5.34. The van der Waals surface area contributed by atoms with Crippen LogP contribution in [0.2, 0.25) is 0 Å². The van der Waals surface area contributed by atoms with Gasteiger partial charge in [0, 0.05) is 29.5 Å². The third-order valence-corrected chi connectivity index (χ3v) is 3.09. The van der Waals surface area contributed by atoms with Crippen LogP contribution in [0.4, 0.5) is 5.95 Å². The number of anilines is 1. The molecule has 0 bridgehead atoms. The van der Waals surface area contributed by atoms with Gasteiger partial charge < -0.3 is 0 Å². The fourth-order valence-electron chi connectivity index (χ4n) is 1.58. The molecule has 1 aromatic heterocycles. The van der Waals surface area contributed by atoms with E-state index in [1.165, 1.54) is 4.90 Å². The lowest BCUT2D eigenvalue weighted by Crippen LogP contribution is -2.11. The molecule has 0 saturated carbocycles. The van der Waals surface area contributed by atoms with Crippen LogP contribution in [0.3, 0.4) is 0 Å². The van der Waals surface area contributed by atoms with E-state index in [0.717, 1.165) is 21.2 Å². The van der Waals surface area contributed by atoms with Crippen molar-refractivity contribution in [2.45, 2.75) is 6.92 Å². The van der Waals surface area contributed by atoms with E-state index in [2.05, 4.69) is 25.9 Å². The lowest BCUT2D eigenvalue weighted by atomic mass is 10.0. The molecule has 2 aromatic rings. The van der Waals surface area contributed by atoms with Gasteiger partial charge in [0.05, 0.1) is 0 Å². The van der Waals surface area contributed by atoms with Gasteiger partial charge in [0.15, 0.2) is 6.19 Å². The minimum Gasteiger partial charge on any atom is -0.250 e. The van der Waals surface area contributed by atoms with Gasteiger partial charge >= 0.3 is 0 Å². The molecular formula is C13H11BrN4. The van der Waals surface area contributed by atoms with Crippen molar-refractivity contribution in [1.82, 2.24) is 9.97 Å². The van der Waals surface area contributed by atoms with Crippen LogP contribution in [0.25, 0.3) is 11.1 Å². The van der Waals surface area contributed by atoms with Crippen molar-refractivity contribution in [3.63, 3.8) is 0 Å². The van der Waals surface area contributed by atoms with Gasteiger partial charge in [-0.1, -0.05) is 22.0 Å². The number of aromatic nitrogens is 2. The van der Waals surface area contributed by atoms with Crippen molar-refractivity contribution in [1.29, 1.82) is 5.26 Å². The number of hydrogen-bond donors (Lipinski definition) is 0. The normalized spacial score (nSPS) is 9.89. The van der Waals surface area contributed by atoms with Crippen molar-refractivity contribution < 1.29 is 0 Å². The molecule has 0 saturated heterocycles. The van der Waals surface area contributed by atoms with Crippen LogP contribution in [0.5, 0.6) is 0 Å². The minimum atomic E-state index is 0.397. The first-order chi connectivity index (χ1) is 8.61. The first kappa shape index (κ1) is 12.5. The van der Waals surface area contributed by atoms with E-state index in [4.69, 9.17) is 5.26 Å². The van der Waals surface area contributed by atoms with Gasteiger partial charge in [0.25, 0.3) is 0 Å². The molecule has 0 aliphatic carbocycles. The van der Waals surface area contributed by atoms with Crippen molar-refractivity contribution in [3.05, 3.63) is 40.6 Å². The van der Waals surface area contributed by atoms with Crippen molar-refractivity contribution in [3.8, 4) is 17.3 Å². The summed E-state index contributed by atoms with van der Waals surface area (Å²) in [6.45, 7) is 2.04. The number of rotatable bonds is 2. The molecule has 0 fully saturated rings. The van der Waals surface area contributed by atoms with Crippen LogP contribution in [-0.2, 0) is 0 Å². The third-order valence-electron chi connectivity index (χ3n) is 2.60. The summed E-state index contributed by atoms with van der Waals surface area (Å²) in [5.74, 6) is 0.397. The molecule has 0 aliphatic heterocycles. The third kappa shape index (κ3) is 2.49. The highest BCUT2D eigenvalue weighted by molar-refractivity contribution is 9.10. The highest BCUT2D eigenvalue weighted by Gasteiger charge is 2.06. The molecule has 0 aliphatic rings. The average molecular weight is 303 g/mol. The average Bonchev–Trinajstić information content (AvgIpc) is 2.41. The summed E-state index contributed by atoms with van der Waals surface area (Å²) in [5.41, 5.74) is 3.17. The van der Waals surface area contributed by atoms with Gasteiger partial charge in [-0.2, -0.15) is 5.26 Å². The van der Waals surface area contributed by atoms with Gasteiger partial charge in [-0.25, -0.2) is 9.97 Å². The maximum Gasteiger partial charge on any atom is 0.238 e. The quantitative estimate of drug-likeness (QED) is 0.632. The molecule has 0 spiro atoms. The predicted octanol–water partition coefficient (Wildman–Crippen LogP) is 3.13. The van der Waals surface area contributed by atoms with Crippen molar-refractivity contribution >= 4 is 21.9 Å². The van der Waals surface area contributed by atoms with E-state index in [-0.39, 0.29) is 0 Å². The monoisotopic (exact) mass is 302 g/mol. The second-order valence-electron chi connectivity index (χ2n) is 3.89. The summed E-state index contributed by atoms with van der Waals surface area (Å²) in [5, 5.41) is 8.74. The molecule has 5 heteroatoms. The van der Waals surface area contributed by atoms with E-state index < -0.39 is 0 Å². The SMILES string of the molecule is Cc1ccc(Br)cc1-c1cnc(N(C)C#N)nc1. The fourth-order valence-corrected chi connectivity index (χ4v) is 1.94. The lowest BCUT2D eigenvalue weighted by Gasteiger charge is -2.09. The summed E-state index contributed by atoms with van der Waals surface area (Å²) in [7, 11) is 1.62. The molecule has 0 atom stereocenters. The number of nitriles is 1. The zero-order chi connectivity index (χ0) is 13.1. The second kappa shape index (κ2) is 5.15. The summed E-state index contributed by atoms with van der Waals surface area (Å²) in [6, 6.07) is 6.06. The van der Waals surface area contributed by atoms with Gasteiger partial charge in [0.1, 0.15) is 0 Å². The molecule has 0 unspecified atom stereocenters. The molecule has 1 heterocycles. The number of halogens is 1. The molecule has 1 aromatic carbocycles. The topological polar surface area (TPSA) is 52.8 Å². The maximum atomic E-state index is 8.74. The van der Waals surface area contributed by atoms with E-state index in [9.17, 15) is 0 Å². The number of nitrogens with zero attached hydrogens (tertiary/aromatic N) is 4. The molecule has 2 rings (SSSR count). The molecule has 4 nitrogen and oxygen atoms in total. The molecule has 90 valence electrons. The molecule has 0 N–H and O–H groups in total. The summed E-state index contributed by atoms with van der Waals surface area (Å²) >= 11 is 3.45. The Labute approximate surface area is 114 Å². The van der Waals surface area contributed by atoms with Crippen LogP contribution in [0.1, 0.15) is 5.56 Å². The van der Waals surface area contributed by atoms with Crippen molar-refractivity contribution in [2.24, 2.45) is 0 Å². The highest BCUT2D eigenvalue weighted by Crippen LogP contribution is 2.26. The minimum absolute atomic E-state index is 0.397. The Kier molecular flexibility index (Phi) is 3.58.